The van der Waals surface area contributed by atoms with E-state index in [1.54, 1.807) is 0 Å². The van der Waals surface area contributed by atoms with E-state index in [1.165, 1.54) is 0 Å². The van der Waals surface area contributed by atoms with E-state index in [9.17, 15) is 0 Å². The standard InChI is InChI=1S/C16H12BrClN2/c17-15-6-5-13(18)7-12(15)9-19-14-8-11-3-1-2-4-16(11)20-10-14/h1-8,10,19H,9H2. The highest BCUT2D eigenvalue weighted by molar-refractivity contribution is 9.10. The number of benzene rings is 2. The van der Waals surface area contributed by atoms with Crippen LogP contribution < -0.4 is 5.32 Å². The minimum Gasteiger partial charge on any atom is -0.380 e. The van der Waals surface area contributed by atoms with Crippen LogP contribution in [0, 0.1) is 0 Å². The Labute approximate surface area is 130 Å². The lowest BCUT2D eigenvalue weighted by Crippen LogP contribution is -2.00. The van der Waals surface area contributed by atoms with E-state index in [0.29, 0.717) is 6.54 Å². The van der Waals surface area contributed by atoms with Gasteiger partial charge in [0.1, 0.15) is 0 Å². The van der Waals surface area contributed by atoms with Gasteiger partial charge in [0.15, 0.2) is 0 Å². The van der Waals surface area contributed by atoms with Crippen molar-refractivity contribution in [1.82, 2.24) is 4.98 Å². The smallest absolute Gasteiger partial charge is 0.0703 e. The largest absolute Gasteiger partial charge is 0.380 e. The van der Waals surface area contributed by atoms with Crippen LogP contribution in [0.25, 0.3) is 10.9 Å². The number of nitrogens with one attached hydrogen (secondary N) is 1. The SMILES string of the molecule is Clc1ccc(Br)c(CNc2cnc3ccccc3c2)c1. The molecule has 0 aliphatic heterocycles. The Bertz CT molecular complexity index is 758. The molecule has 0 saturated carbocycles. The van der Waals surface area contributed by atoms with Gasteiger partial charge in [-0.2, -0.15) is 0 Å². The number of nitrogens with zero attached hydrogens (tertiary/aromatic N) is 1. The Hall–Kier alpha value is -1.58. The summed E-state index contributed by atoms with van der Waals surface area (Å²) in [4.78, 5) is 4.43. The van der Waals surface area contributed by atoms with Crippen LogP contribution in [-0.2, 0) is 6.54 Å². The van der Waals surface area contributed by atoms with E-state index >= 15 is 0 Å². The molecule has 1 heterocycles. The van der Waals surface area contributed by atoms with Gasteiger partial charge in [0.05, 0.1) is 17.4 Å². The lowest BCUT2D eigenvalue weighted by molar-refractivity contribution is 1.13. The number of hydrogen-bond acceptors (Lipinski definition) is 2. The number of fused-ring (bicyclic) bond motifs is 1. The van der Waals surface area contributed by atoms with Gasteiger partial charge >= 0.3 is 0 Å². The van der Waals surface area contributed by atoms with Crippen LogP contribution in [0.15, 0.2) is 59.2 Å². The zero-order valence-electron chi connectivity index (χ0n) is 10.6. The van der Waals surface area contributed by atoms with E-state index in [2.05, 4.69) is 38.4 Å². The highest BCUT2D eigenvalue weighted by atomic mass is 79.9. The molecule has 3 aromatic rings. The number of aromatic nitrogens is 1. The Balaban J connectivity index is 1.81. The summed E-state index contributed by atoms with van der Waals surface area (Å²) >= 11 is 9.55. The molecular weight excluding hydrogens is 336 g/mol. The minimum atomic E-state index is 0.696. The summed E-state index contributed by atoms with van der Waals surface area (Å²) < 4.78 is 1.04. The maximum atomic E-state index is 6.02. The van der Waals surface area contributed by atoms with Gasteiger partial charge in [0, 0.05) is 21.4 Å². The van der Waals surface area contributed by atoms with Crippen molar-refractivity contribution in [2.24, 2.45) is 0 Å². The van der Waals surface area contributed by atoms with Crippen LogP contribution in [0.4, 0.5) is 5.69 Å². The molecule has 100 valence electrons. The molecule has 0 amide bonds. The summed E-state index contributed by atoms with van der Waals surface area (Å²) in [7, 11) is 0. The lowest BCUT2D eigenvalue weighted by Gasteiger charge is -2.09. The minimum absolute atomic E-state index is 0.696. The first kappa shape index (κ1) is 13.4. The number of para-hydroxylation sites is 1. The number of hydrogen-bond donors (Lipinski definition) is 1. The van der Waals surface area contributed by atoms with Gasteiger partial charge in [-0.1, -0.05) is 45.7 Å². The van der Waals surface area contributed by atoms with Gasteiger partial charge in [-0.3, -0.25) is 4.98 Å². The molecule has 1 aromatic heterocycles. The predicted molar refractivity (Wildman–Crippen MR) is 88.2 cm³/mol. The van der Waals surface area contributed by atoms with E-state index in [-0.39, 0.29) is 0 Å². The normalized spacial score (nSPS) is 10.7. The van der Waals surface area contributed by atoms with Crippen molar-refractivity contribution in [2.75, 3.05) is 5.32 Å². The van der Waals surface area contributed by atoms with Gasteiger partial charge in [0.25, 0.3) is 0 Å². The van der Waals surface area contributed by atoms with Crippen molar-refractivity contribution in [2.45, 2.75) is 6.54 Å². The third-order valence-electron chi connectivity index (χ3n) is 3.08. The van der Waals surface area contributed by atoms with Crippen molar-refractivity contribution >= 4 is 44.1 Å². The van der Waals surface area contributed by atoms with E-state index in [4.69, 9.17) is 11.6 Å². The second kappa shape index (κ2) is 5.81. The highest BCUT2D eigenvalue weighted by Crippen LogP contribution is 2.23. The summed E-state index contributed by atoms with van der Waals surface area (Å²) in [5.74, 6) is 0. The van der Waals surface area contributed by atoms with Gasteiger partial charge in [-0.05, 0) is 35.9 Å². The van der Waals surface area contributed by atoms with Crippen molar-refractivity contribution < 1.29 is 0 Å². The first-order chi connectivity index (χ1) is 9.72. The second-order valence-electron chi connectivity index (χ2n) is 4.51. The van der Waals surface area contributed by atoms with Gasteiger partial charge in [-0.25, -0.2) is 0 Å². The molecule has 0 fully saturated rings. The molecule has 0 spiro atoms. The van der Waals surface area contributed by atoms with Crippen LogP contribution in [-0.4, -0.2) is 4.98 Å². The molecule has 0 saturated heterocycles. The molecule has 0 aliphatic rings. The second-order valence-corrected chi connectivity index (χ2v) is 5.80. The summed E-state index contributed by atoms with van der Waals surface area (Å²) in [6.07, 6.45) is 1.85. The first-order valence-electron chi connectivity index (χ1n) is 6.25. The zero-order chi connectivity index (χ0) is 13.9. The van der Waals surface area contributed by atoms with Crippen molar-refractivity contribution in [1.29, 1.82) is 0 Å². The fourth-order valence-electron chi connectivity index (χ4n) is 2.04. The maximum absolute atomic E-state index is 6.02. The Morgan fingerprint density at radius 2 is 1.95 bits per heavy atom. The third-order valence-corrected chi connectivity index (χ3v) is 4.09. The summed E-state index contributed by atoms with van der Waals surface area (Å²) in [5.41, 5.74) is 3.11. The highest BCUT2D eigenvalue weighted by Gasteiger charge is 2.02. The average molecular weight is 348 g/mol. The summed E-state index contributed by atoms with van der Waals surface area (Å²) in [5, 5.41) is 5.24. The molecule has 0 radical (unpaired) electrons. The fraction of sp³-hybridized carbons (Fsp3) is 0.0625. The number of anilines is 1. The van der Waals surface area contributed by atoms with Crippen LogP contribution in [0.3, 0.4) is 0 Å². The Morgan fingerprint density at radius 1 is 1.10 bits per heavy atom. The first-order valence-corrected chi connectivity index (χ1v) is 7.42. The fourth-order valence-corrected chi connectivity index (χ4v) is 2.63. The molecule has 20 heavy (non-hydrogen) atoms. The molecule has 1 N–H and O–H groups in total. The zero-order valence-corrected chi connectivity index (χ0v) is 12.9. The molecule has 0 bridgehead atoms. The van der Waals surface area contributed by atoms with E-state index in [1.807, 2.05) is 42.6 Å². The molecule has 3 rings (SSSR count). The molecule has 2 nitrogen and oxygen atoms in total. The molecule has 0 aliphatic carbocycles. The van der Waals surface area contributed by atoms with Crippen molar-refractivity contribution in [3.8, 4) is 0 Å². The van der Waals surface area contributed by atoms with E-state index < -0.39 is 0 Å². The van der Waals surface area contributed by atoms with Crippen molar-refractivity contribution in [3.05, 3.63) is 69.8 Å². The van der Waals surface area contributed by atoms with Crippen LogP contribution in [0.5, 0.6) is 0 Å². The quantitative estimate of drug-likeness (QED) is 0.699. The van der Waals surface area contributed by atoms with Crippen LogP contribution in [0.2, 0.25) is 5.02 Å². The number of rotatable bonds is 3. The lowest BCUT2D eigenvalue weighted by atomic mass is 10.2. The molecule has 2 aromatic carbocycles. The molecular formula is C16H12BrClN2. The molecule has 4 heteroatoms. The summed E-state index contributed by atoms with van der Waals surface area (Å²) in [6.45, 7) is 0.696. The maximum Gasteiger partial charge on any atom is 0.0703 e. The monoisotopic (exact) mass is 346 g/mol. The summed E-state index contributed by atoms with van der Waals surface area (Å²) in [6, 6.07) is 15.9. The van der Waals surface area contributed by atoms with E-state index in [0.717, 1.165) is 31.6 Å². The van der Waals surface area contributed by atoms with Crippen LogP contribution in [0.1, 0.15) is 5.56 Å². The van der Waals surface area contributed by atoms with Gasteiger partial charge in [-0.15, -0.1) is 0 Å². The third kappa shape index (κ3) is 2.94. The average Bonchev–Trinajstić information content (AvgIpc) is 2.48. The number of pyridine rings is 1. The topological polar surface area (TPSA) is 24.9 Å². The predicted octanol–water partition coefficient (Wildman–Crippen LogP) is 5.26. The number of halogens is 2. The Morgan fingerprint density at radius 3 is 2.85 bits per heavy atom. The molecule has 0 unspecified atom stereocenters. The van der Waals surface area contributed by atoms with Crippen molar-refractivity contribution in [3.63, 3.8) is 0 Å². The van der Waals surface area contributed by atoms with Gasteiger partial charge < -0.3 is 5.32 Å². The molecule has 0 atom stereocenters. The Kier molecular flexibility index (Phi) is 3.90. The van der Waals surface area contributed by atoms with Crippen LogP contribution >= 0.6 is 27.5 Å². The van der Waals surface area contributed by atoms with Gasteiger partial charge in [0.2, 0.25) is 0 Å².